The summed E-state index contributed by atoms with van der Waals surface area (Å²) in [6.45, 7) is 2.86. The molecule has 0 saturated heterocycles. The topological polar surface area (TPSA) is 93.9 Å². The van der Waals surface area contributed by atoms with Crippen molar-refractivity contribution in [3.63, 3.8) is 0 Å². The molecule has 0 aliphatic heterocycles. The van der Waals surface area contributed by atoms with Gasteiger partial charge in [-0.05, 0) is 19.1 Å². The zero-order valence-corrected chi connectivity index (χ0v) is 14.0. The Labute approximate surface area is 139 Å². The molecule has 0 atom stereocenters. The minimum Gasteiger partial charge on any atom is -0.497 e. The van der Waals surface area contributed by atoms with Gasteiger partial charge in [0.25, 0.3) is 0 Å². The first kappa shape index (κ1) is 17.3. The largest absolute Gasteiger partial charge is 0.497 e. The van der Waals surface area contributed by atoms with E-state index >= 15 is 0 Å². The average molecular weight is 333 g/mol. The van der Waals surface area contributed by atoms with Crippen LogP contribution in [0, 0.1) is 6.92 Å². The summed E-state index contributed by atoms with van der Waals surface area (Å²) in [4.78, 5) is 25.3. The van der Waals surface area contributed by atoms with Crippen molar-refractivity contribution in [2.24, 2.45) is 0 Å². The van der Waals surface area contributed by atoms with E-state index in [1.54, 1.807) is 31.2 Å². The molecule has 0 fully saturated rings. The number of carbonyl (C=O) groups is 2. The molecule has 0 spiro atoms. The maximum atomic E-state index is 12.3. The molecule has 24 heavy (non-hydrogen) atoms. The zero-order chi connectivity index (χ0) is 17.7. The van der Waals surface area contributed by atoms with Crippen molar-refractivity contribution in [1.29, 1.82) is 0 Å². The van der Waals surface area contributed by atoms with Crippen LogP contribution in [-0.2, 0) is 9.59 Å². The Kier molecular flexibility index (Phi) is 5.41. The molecule has 1 N–H and O–H groups in total. The number of amides is 2. The lowest BCUT2D eigenvalue weighted by molar-refractivity contribution is -0.120. The standard InChI is InChI=1S/C16H19N3O5/c1-10-7-15(18-24-10)19(11(2)20)9-16(21)17-13-6-5-12(22-3)8-14(13)23-4/h5-8H,9H2,1-4H3,(H,17,21). The molecule has 1 aromatic carbocycles. The van der Waals surface area contributed by atoms with Crippen molar-refractivity contribution in [3.8, 4) is 11.5 Å². The molecular formula is C16H19N3O5. The minimum atomic E-state index is -0.394. The second-order valence-electron chi connectivity index (χ2n) is 5.02. The van der Waals surface area contributed by atoms with Gasteiger partial charge in [0.05, 0.1) is 19.9 Å². The molecule has 1 aromatic heterocycles. The molecule has 0 aliphatic carbocycles. The summed E-state index contributed by atoms with van der Waals surface area (Å²) in [5, 5.41) is 6.47. The first-order valence-corrected chi connectivity index (χ1v) is 7.18. The molecule has 0 bridgehead atoms. The fourth-order valence-corrected chi connectivity index (χ4v) is 2.07. The number of hydrogen-bond acceptors (Lipinski definition) is 6. The van der Waals surface area contributed by atoms with Crippen molar-refractivity contribution in [3.05, 3.63) is 30.0 Å². The van der Waals surface area contributed by atoms with Crippen molar-refractivity contribution in [2.45, 2.75) is 13.8 Å². The van der Waals surface area contributed by atoms with Gasteiger partial charge in [-0.2, -0.15) is 0 Å². The molecule has 128 valence electrons. The highest BCUT2D eigenvalue weighted by molar-refractivity contribution is 6.01. The van der Waals surface area contributed by atoms with Gasteiger partial charge in [-0.3, -0.25) is 14.5 Å². The van der Waals surface area contributed by atoms with E-state index in [1.165, 1.54) is 26.0 Å². The van der Waals surface area contributed by atoms with Gasteiger partial charge < -0.3 is 19.3 Å². The summed E-state index contributed by atoms with van der Waals surface area (Å²) >= 11 is 0. The first-order valence-electron chi connectivity index (χ1n) is 7.18. The lowest BCUT2D eigenvalue weighted by Crippen LogP contribution is -2.37. The molecule has 1 heterocycles. The maximum Gasteiger partial charge on any atom is 0.244 e. The van der Waals surface area contributed by atoms with Gasteiger partial charge in [0.2, 0.25) is 11.8 Å². The Balaban J connectivity index is 2.13. The van der Waals surface area contributed by atoms with Gasteiger partial charge in [0, 0.05) is 19.1 Å². The number of anilines is 2. The van der Waals surface area contributed by atoms with E-state index in [9.17, 15) is 9.59 Å². The van der Waals surface area contributed by atoms with Crippen LogP contribution in [0.1, 0.15) is 12.7 Å². The number of aromatic nitrogens is 1. The van der Waals surface area contributed by atoms with E-state index in [-0.39, 0.29) is 18.3 Å². The molecule has 0 aliphatic rings. The summed E-state index contributed by atoms with van der Waals surface area (Å²) < 4.78 is 15.3. The van der Waals surface area contributed by atoms with Crippen LogP contribution in [0.3, 0.4) is 0 Å². The molecule has 0 unspecified atom stereocenters. The first-order chi connectivity index (χ1) is 11.4. The molecule has 0 radical (unpaired) electrons. The smallest absolute Gasteiger partial charge is 0.244 e. The molecule has 0 saturated carbocycles. The van der Waals surface area contributed by atoms with Crippen LogP contribution in [0.4, 0.5) is 11.5 Å². The fraction of sp³-hybridized carbons (Fsp3) is 0.312. The molecule has 2 aromatic rings. The molecule has 2 amide bonds. The number of benzene rings is 1. The highest BCUT2D eigenvalue weighted by Crippen LogP contribution is 2.29. The van der Waals surface area contributed by atoms with Crippen LogP contribution in [0.25, 0.3) is 0 Å². The van der Waals surface area contributed by atoms with Crippen molar-refractivity contribution >= 4 is 23.3 Å². The molecule has 2 rings (SSSR count). The molecular weight excluding hydrogens is 314 g/mol. The van der Waals surface area contributed by atoms with Crippen molar-refractivity contribution in [1.82, 2.24) is 5.16 Å². The number of aryl methyl sites for hydroxylation is 1. The van der Waals surface area contributed by atoms with E-state index in [0.717, 1.165) is 0 Å². The Morgan fingerprint density at radius 3 is 2.54 bits per heavy atom. The normalized spacial score (nSPS) is 10.2. The van der Waals surface area contributed by atoms with Crippen molar-refractivity contribution in [2.75, 3.05) is 31.0 Å². The van der Waals surface area contributed by atoms with Gasteiger partial charge in [0.1, 0.15) is 23.8 Å². The SMILES string of the molecule is COc1ccc(NC(=O)CN(C(C)=O)c2cc(C)on2)c(OC)c1. The third kappa shape index (κ3) is 4.03. The second-order valence-corrected chi connectivity index (χ2v) is 5.02. The maximum absolute atomic E-state index is 12.3. The van der Waals surface area contributed by atoms with E-state index in [0.29, 0.717) is 22.9 Å². The lowest BCUT2D eigenvalue weighted by Gasteiger charge is -2.18. The van der Waals surface area contributed by atoms with Crippen LogP contribution >= 0.6 is 0 Å². The number of carbonyl (C=O) groups excluding carboxylic acids is 2. The monoisotopic (exact) mass is 333 g/mol. The van der Waals surface area contributed by atoms with Crippen LogP contribution < -0.4 is 19.7 Å². The number of methoxy groups -OCH3 is 2. The number of nitrogens with one attached hydrogen (secondary N) is 1. The zero-order valence-electron chi connectivity index (χ0n) is 14.0. The van der Waals surface area contributed by atoms with E-state index in [1.807, 2.05) is 0 Å². The lowest BCUT2D eigenvalue weighted by atomic mass is 10.2. The van der Waals surface area contributed by atoms with Gasteiger partial charge >= 0.3 is 0 Å². The summed E-state index contributed by atoms with van der Waals surface area (Å²) in [6.07, 6.45) is 0. The van der Waals surface area contributed by atoms with Crippen molar-refractivity contribution < 1.29 is 23.6 Å². The number of rotatable bonds is 6. The van der Waals surface area contributed by atoms with Crippen LogP contribution in [0.5, 0.6) is 11.5 Å². The molecule has 8 heteroatoms. The summed E-state index contributed by atoms with van der Waals surface area (Å²) in [6, 6.07) is 6.60. The van der Waals surface area contributed by atoms with E-state index < -0.39 is 5.91 Å². The summed E-state index contributed by atoms with van der Waals surface area (Å²) in [7, 11) is 3.03. The van der Waals surface area contributed by atoms with Crippen LogP contribution in [0.15, 0.2) is 28.8 Å². The predicted molar refractivity (Wildman–Crippen MR) is 87.4 cm³/mol. The third-order valence-corrected chi connectivity index (χ3v) is 3.26. The Hall–Kier alpha value is -3.03. The number of hydrogen-bond donors (Lipinski definition) is 1. The predicted octanol–water partition coefficient (Wildman–Crippen LogP) is 1.99. The highest BCUT2D eigenvalue weighted by Gasteiger charge is 2.20. The number of ether oxygens (including phenoxy) is 2. The number of nitrogens with zero attached hydrogens (tertiary/aromatic N) is 2. The van der Waals surface area contributed by atoms with Gasteiger partial charge in [-0.15, -0.1) is 0 Å². The van der Waals surface area contributed by atoms with Crippen LogP contribution in [-0.4, -0.2) is 37.7 Å². The summed E-state index contributed by atoms with van der Waals surface area (Å²) in [5.74, 6) is 1.18. The van der Waals surface area contributed by atoms with E-state index in [4.69, 9.17) is 14.0 Å². The van der Waals surface area contributed by atoms with Gasteiger partial charge in [0.15, 0.2) is 5.82 Å². The Bertz CT molecular complexity index is 741. The molecule has 8 nitrogen and oxygen atoms in total. The highest BCUT2D eigenvalue weighted by atomic mass is 16.5. The van der Waals surface area contributed by atoms with Gasteiger partial charge in [-0.25, -0.2) is 0 Å². The minimum absolute atomic E-state index is 0.198. The fourth-order valence-electron chi connectivity index (χ4n) is 2.07. The Morgan fingerprint density at radius 2 is 2.00 bits per heavy atom. The van der Waals surface area contributed by atoms with Crippen LogP contribution in [0.2, 0.25) is 0 Å². The third-order valence-electron chi connectivity index (χ3n) is 3.26. The summed E-state index contributed by atoms with van der Waals surface area (Å²) in [5.41, 5.74) is 0.475. The Morgan fingerprint density at radius 1 is 1.25 bits per heavy atom. The average Bonchev–Trinajstić information content (AvgIpc) is 2.98. The quantitative estimate of drug-likeness (QED) is 0.869. The second kappa shape index (κ2) is 7.49. The van der Waals surface area contributed by atoms with Gasteiger partial charge in [-0.1, -0.05) is 5.16 Å². The van der Waals surface area contributed by atoms with E-state index in [2.05, 4.69) is 10.5 Å².